The maximum atomic E-state index is 10.4. The third-order valence-corrected chi connectivity index (χ3v) is 3.53. The lowest BCUT2D eigenvalue weighted by molar-refractivity contribution is -0.137. The summed E-state index contributed by atoms with van der Waals surface area (Å²) in [4.78, 5) is 12.9. The molecular weight excluding hydrogens is 202 g/mol. The lowest BCUT2D eigenvalue weighted by Gasteiger charge is -2.26. The van der Waals surface area contributed by atoms with Gasteiger partial charge in [-0.3, -0.25) is 4.79 Å². The van der Waals surface area contributed by atoms with E-state index in [-0.39, 0.29) is 0 Å². The number of hydrogen-bond acceptors (Lipinski definition) is 2. The number of hydrogen-bond donors (Lipinski definition) is 1. The molecule has 0 bridgehead atoms. The molecule has 1 heterocycles. The zero-order valence-electron chi connectivity index (χ0n) is 10.5. The van der Waals surface area contributed by atoms with Gasteiger partial charge in [0.1, 0.15) is 0 Å². The number of carboxylic acid groups (broad SMARTS) is 1. The highest BCUT2D eigenvalue weighted by Crippen LogP contribution is 2.17. The summed E-state index contributed by atoms with van der Waals surface area (Å²) in [6.07, 6.45) is 8.77. The molecule has 1 aliphatic heterocycles. The van der Waals surface area contributed by atoms with Crippen molar-refractivity contribution in [1.82, 2.24) is 4.90 Å². The average Bonchev–Trinajstić information content (AvgIpc) is 2.43. The first kappa shape index (κ1) is 13.5. The number of carbonyl (C=O) groups is 1. The van der Waals surface area contributed by atoms with Crippen molar-refractivity contribution in [1.29, 1.82) is 0 Å². The minimum absolute atomic E-state index is 0.329. The number of carboxylic acids is 1. The van der Waals surface area contributed by atoms with Gasteiger partial charge >= 0.3 is 5.97 Å². The van der Waals surface area contributed by atoms with E-state index >= 15 is 0 Å². The normalized spacial score (nSPS) is 22.9. The van der Waals surface area contributed by atoms with Crippen LogP contribution in [0.2, 0.25) is 0 Å². The second kappa shape index (κ2) is 7.66. The maximum Gasteiger partial charge on any atom is 0.303 e. The summed E-state index contributed by atoms with van der Waals surface area (Å²) in [5, 5.41) is 8.53. The van der Waals surface area contributed by atoms with Gasteiger partial charge in [-0.15, -0.1) is 0 Å². The molecule has 0 aromatic heterocycles. The van der Waals surface area contributed by atoms with E-state index in [1.54, 1.807) is 0 Å². The fourth-order valence-electron chi connectivity index (χ4n) is 2.43. The van der Waals surface area contributed by atoms with Crippen molar-refractivity contribution in [3.05, 3.63) is 0 Å². The predicted octanol–water partition coefficient (Wildman–Crippen LogP) is 2.90. The Morgan fingerprint density at radius 1 is 1.25 bits per heavy atom. The van der Waals surface area contributed by atoms with Crippen molar-refractivity contribution in [2.45, 2.75) is 64.3 Å². The summed E-state index contributed by atoms with van der Waals surface area (Å²) >= 11 is 0. The van der Waals surface area contributed by atoms with Gasteiger partial charge in [-0.1, -0.05) is 19.3 Å². The number of unbranched alkanes of at least 4 members (excludes halogenated alkanes) is 2. The summed E-state index contributed by atoms with van der Waals surface area (Å²) in [6.45, 7) is 4.71. The molecule has 0 aromatic rings. The van der Waals surface area contributed by atoms with Gasteiger partial charge in [-0.25, -0.2) is 0 Å². The van der Waals surface area contributed by atoms with Gasteiger partial charge in [-0.05, 0) is 45.7 Å². The highest BCUT2D eigenvalue weighted by molar-refractivity contribution is 5.66. The molecule has 16 heavy (non-hydrogen) atoms. The van der Waals surface area contributed by atoms with E-state index in [0.29, 0.717) is 6.42 Å². The van der Waals surface area contributed by atoms with Crippen molar-refractivity contribution in [2.75, 3.05) is 13.1 Å². The van der Waals surface area contributed by atoms with Crippen molar-refractivity contribution < 1.29 is 9.90 Å². The molecule has 94 valence electrons. The Kier molecular flexibility index (Phi) is 6.46. The first-order valence-electron chi connectivity index (χ1n) is 6.66. The number of aliphatic carboxylic acids is 1. The van der Waals surface area contributed by atoms with Crippen LogP contribution in [0, 0.1) is 0 Å². The van der Waals surface area contributed by atoms with Crippen LogP contribution in [0.15, 0.2) is 0 Å². The molecule has 0 radical (unpaired) electrons. The topological polar surface area (TPSA) is 40.5 Å². The summed E-state index contributed by atoms with van der Waals surface area (Å²) in [6, 6.07) is 0.724. The molecule has 3 nitrogen and oxygen atoms in total. The molecule has 1 atom stereocenters. The van der Waals surface area contributed by atoms with Gasteiger partial charge < -0.3 is 10.0 Å². The van der Waals surface area contributed by atoms with E-state index in [1.807, 2.05) is 0 Å². The van der Waals surface area contributed by atoms with E-state index < -0.39 is 5.97 Å². The molecule has 1 aliphatic rings. The molecular formula is C13H25NO2. The van der Waals surface area contributed by atoms with Crippen LogP contribution in [0.25, 0.3) is 0 Å². The lowest BCUT2D eigenvalue weighted by atomic mass is 10.1. The quantitative estimate of drug-likeness (QED) is 0.709. The van der Waals surface area contributed by atoms with Crippen molar-refractivity contribution in [3.8, 4) is 0 Å². The van der Waals surface area contributed by atoms with Gasteiger partial charge in [0.25, 0.3) is 0 Å². The van der Waals surface area contributed by atoms with Gasteiger partial charge in [0.15, 0.2) is 0 Å². The van der Waals surface area contributed by atoms with Gasteiger partial charge in [-0.2, -0.15) is 0 Å². The van der Waals surface area contributed by atoms with E-state index in [4.69, 9.17) is 5.11 Å². The fourth-order valence-corrected chi connectivity index (χ4v) is 2.43. The third-order valence-electron chi connectivity index (χ3n) is 3.53. The van der Waals surface area contributed by atoms with Gasteiger partial charge in [0.2, 0.25) is 0 Å². The summed E-state index contributed by atoms with van der Waals surface area (Å²) in [5.74, 6) is -0.664. The molecule has 0 aromatic carbocycles. The molecule has 1 saturated heterocycles. The SMILES string of the molecule is CC1CCCCCN1CCCCCC(=O)O. The van der Waals surface area contributed by atoms with E-state index in [9.17, 15) is 4.79 Å². The van der Waals surface area contributed by atoms with Gasteiger partial charge in [0, 0.05) is 12.5 Å². The zero-order chi connectivity index (χ0) is 11.8. The van der Waals surface area contributed by atoms with Crippen LogP contribution in [0.1, 0.15) is 58.3 Å². The van der Waals surface area contributed by atoms with E-state index in [1.165, 1.54) is 32.2 Å². The predicted molar refractivity (Wildman–Crippen MR) is 65.6 cm³/mol. The molecule has 3 heteroatoms. The van der Waals surface area contributed by atoms with E-state index in [2.05, 4.69) is 11.8 Å². The Labute approximate surface area is 98.8 Å². The minimum atomic E-state index is -0.664. The zero-order valence-corrected chi connectivity index (χ0v) is 10.5. The molecule has 0 aliphatic carbocycles. The monoisotopic (exact) mass is 227 g/mol. The molecule has 0 spiro atoms. The van der Waals surface area contributed by atoms with Crippen LogP contribution in [-0.4, -0.2) is 35.1 Å². The van der Waals surface area contributed by atoms with Crippen LogP contribution in [-0.2, 0) is 4.79 Å². The Morgan fingerprint density at radius 2 is 2.06 bits per heavy atom. The van der Waals surface area contributed by atoms with Crippen LogP contribution >= 0.6 is 0 Å². The molecule has 1 unspecified atom stereocenters. The van der Waals surface area contributed by atoms with Crippen molar-refractivity contribution in [3.63, 3.8) is 0 Å². The Morgan fingerprint density at radius 3 is 2.81 bits per heavy atom. The number of likely N-dealkylation sites (tertiary alicyclic amines) is 1. The summed E-state index contributed by atoms with van der Waals surface area (Å²) < 4.78 is 0. The van der Waals surface area contributed by atoms with Crippen molar-refractivity contribution in [2.24, 2.45) is 0 Å². The van der Waals surface area contributed by atoms with E-state index in [0.717, 1.165) is 31.8 Å². The fraction of sp³-hybridized carbons (Fsp3) is 0.923. The minimum Gasteiger partial charge on any atom is -0.481 e. The first-order valence-corrected chi connectivity index (χ1v) is 6.66. The smallest absolute Gasteiger partial charge is 0.303 e. The van der Waals surface area contributed by atoms with Crippen LogP contribution in [0.3, 0.4) is 0 Å². The number of rotatable bonds is 6. The standard InChI is InChI=1S/C13H25NO2/c1-12-8-4-2-6-10-14(12)11-7-3-5-9-13(15)16/h12H,2-11H2,1H3,(H,15,16). The van der Waals surface area contributed by atoms with Crippen LogP contribution < -0.4 is 0 Å². The highest BCUT2D eigenvalue weighted by Gasteiger charge is 2.15. The molecule has 0 amide bonds. The second-order valence-corrected chi connectivity index (χ2v) is 4.94. The summed E-state index contributed by atoms with van der Waals surface area (Å²) in [5.41, 5.74) is 0. The molecule has 1 rings (SSSR count). The highest BCUT2D eigenvalue weighted by atomic mass is 16.4. The lowest BCUT2D eigenvalue weighted by Crippen LogP contribution is -2.33. The van der Waals surface area contributed by atoms with Crippen LogP contribution in [0.5, 0.6) is 0 Å². The molecule has 0 saturated carbocycles. The van der Waals surface area contributed by atoms with Crippen molar-refractivity contribution >= 4 is 5.97 Å². The Hall–Kier alpha value is -0.570. The number of nitrogens with zero attached hydrogens (tertiary/aromatic N) is 1. The average molecular weight is 227 g/mol. The molecule has 1 fully saturated rings. The largest absolute Gasteiger partial charge is 0.481 e. The summed E-state index contributed by atoms with van der Waals surface area (Å²) in [7, 11) is 0. The third kappa shape index (κ3) is 5.50. The maximum absolute atomic E-state index is 10.4. The van der Waals surface area contributed by atoms with Gasteiger partial charge in [0.05, 0.1) is 0 Å². The Bertz CT molecular complexity index is 206. The Balaban J connectivity index is 2.08. The van der Waals surface area contributed by atoms with Crippen LogP contribution in [0.4, 0.5) is 0 Å². The first-order chi connectivity index (χ1) is 7.70. The molecule has 1 N–H and O–H groups in total. The second-order valence-electron chi connectivity index (χ2n) is 4.94.